The van der Waals surface area contributed by atoms with Crippen molar-refractivity contribution in [2.45, 2.75) is 18.2 Å². The first-order valence-corrected chi connectivity index (χ1v) is 8.64. The van der Waals surface area contributed by atoms with E-state index in [1.54, 1.807) is 11.8 Å². The molecule has 1 aromatic carbocycles. The van der Waals surface area contributed by atoms with Gasteiger partial charge in [0, 0.05) is 21.4 Å². The van der Waals surface area contributed by atoms with E-state index in [2.05, 4.69) is 67.7 Å². The molecule has 0 N–H and O–H groups in total. The average Bonchev–Trinajstić information content (AvgIpc) is 2.47. The van der Waals surface area contributed by atoms with E-state index in [4.69, 9.17) is 11.6 Å². The summed E-state index contributed by atoms with van der Waals surface area (Å²) in [5.41, 5.74) is 2.39. The van der Waals surface area contributed by atoms with Crippen molar-refractivity contribution >= 4 is 29.1 Å². The van der Waals surface area contributed by atoms with Gasteiger partial charge in [0.25, 0.3) is 0 Å². The van der Waals surface area contributed by atoms with Crippen molar-refractivity contribution in [3.63, 3.8) is 0 Å². The summed E-state index contributed by atoms with van der Waals surface area (Å²) < 4.78 is 0. The van der Waals surface area contributed by atoms with E-state index in [9.17, 15) is 0 Å². The molecule has 1 aliphatic rings. The number of thioether (sulfide) groups is 1. The molecule has 0 fully saturated rings. The lowest BCUT2D eigenvalue weighted by Crippen LogP contribution is -2.29. The minimum Gasteiger partial charge on any atom is -0.340 e. The zero-order valence-electron chi connectivity index (χ0n) is 13.5. The summed E-state index contributed by atoms with van der Waals surface area (Å²) in [5.74, 6) is 0. The number of nitrogens with zero attached hydrogens (tertiary/aromatic N) is 2. The summed E-state index contributed by atoms with van der Waals surface area (Å²) in [7, 11) is 4.21. The Bertz CT molecular complexity index is 605. The van der Waals surface area contributed by atoms with E-state index in [0.717, 1.165) is 25.2 Å². The highest BCUT2D eigenvalue weighted by molar-refractivity contribution is 8.03. The Morgan fingerprint density at radius 3 is 2.73 bits per heavy atom. The fourth-order valence-corrected chi connectivity index (χ4v) is 3.65. The van der Waals surface area contributed by atoms with Gasteiger partial charge in [-0.05, 0) is 52.2 Å². The average molecular weight is 335 g/mol. The second-order valence-electron chi connectivity index (χ2n) is 5.51. The van der Waals surface area contributed by atoms with Crippen LogP contribution in [0.15, 0.2) is 63.5 Å². The SMILES string of the molecule is C=C(Cl)C=C1/C(=C\C)Sc2ccccc2N1CCCN(C)C. The maximum absolute atomic E-state index is 6.07. The van der Waals surface area contributed by atoms with E-state index in [-0.39, 0.29) is 0 Å². The largest absolute Gasteiger partial charge is 0.340 e. The number of fused-ring (bicyclic) bond motifs is 1. The second-order valence-corrected chi connectivity index (χ2v) is 7.08. The van der Waals surface area contributed by atoms with E-state index in [0.29, 0.717) is 5.03 Å². The predicted molar refractivity (Wildman–Crippen MR) is 99.6 cm³/mol. The lowest BCUT2D eigenvalue weighted by atomic mass is 10.2. The van der Waals surface area contributed by atoms with E-state index in [1.165, 1.54) is 15.5 Å². The number of hydrogen-bond acceptors (Lipinski definition) is 3. The van der Waals surface area contributed by atoms with Crippen LogP contribution < -0.4 is 4.90 Å². The molecule has 22 heavy (non-hydrogen) atoms. The van der Waals surface area contributed by atoms with Gasteiger partial charge in [0.15, 0.2) is 0 Å². The molecule has 1 heterocycles. The third-order valence-electron chi connectivity index (χ3n) is 3.46. The number of halogens is 1. The van der Waals surface area contributed by atoms with Crippen molar-refractivity contribution < 1.29 is 0 Å². The number of anilines is 1. The van der Waals surface area contributed by atoms with Gasteiger partial charge in [-0.3, -0.25) is 0 Å². The summed E-state index contributed by atoms with van der Waals surface area (Å²) in [6.45, 7) is 7.93. The van der Waals surface area contributed by atoms with Crippen LogP contribution in [-0.4, -0.2) is 32.1 Å². The van der Waals surface area contributed by atoms with Gasteiger partial charge in [-0.2, -0.15) is 0 Å². The highest BCUT2D eigenvalue weighted by Crippen LogP contribution is 2.46. The third-order valence-corrected chi connectivity index (χ3v) is 4.80. The van der Waals surface area contributed by atoms with Crippen LogP contribution in [0.5, 0.6) is 0 Å². The number of rotatable bonds is 5. The molecule has 4 heteroatoms. The Morgan fingerprint density at radius 2 is 2.09 bits per heavy atom. The quantitative estimate of drug-likeness (QED) is 0.740. The molecular formula is C18H23ClN2S. The monoisotopic (exact) mass is 334 g/mol. The van der Waals surface area contributed by atoms with Crippen LogP contribution in [0.25, 0.3) is 0 Å². The molecule has 0 aromatic heterocycles. The van der Waals surface area contributed by atoms with Crippen LogP contribution >= 0.6 is 23.4 Å². The van der Waals surface area contributed by atoms with Crippen LogP contribution in [0.3, 0.4) is 0 Å². The van der Waals surface area contributed by atoms with E-state index < -0.39 is 0 Å². The highest BCUT2D eigenvalue weighted by atomic mass is 35.5. The molecule has 0 radical (unpaired) electrons. The summed E-state index contributed by atoms with van der Waals surface area (Å²) in [6.07, 6.45) is 5.20. The standard InChI is InChI=1S/C18H23ClN2S/c1-5-17-16(13-14(2)19)21(12-8-11-20(3)4)15-9-6-7-10-18(15)22-17/h5-7,9-10,13H,2,8,11-12H2,1,3-4H3/b16-13?,17-5+. The van der Waals surface area contributed by atoms with E-state index in [1.807, 2.05) is 6.08 Å². The minimum absolute atomic E-state index is 0.562. The molecular weight excluding hydrogens is 312 g/mol. The molecule has 0 saturated carbocycles. The van der Waals surface area contributed by atoms with Gasteiger partial charge in [0.2, 0.25) is 0 Å². The number of para-hydroxylation sites is 1. The molecule has 0 unspecified atom stereocenters. The first-order valence-electron chi connectivity index (χ1n) is 7.45. The fraction of sp³-hybridized carbons (Fsp3) is 0.333. The molecule has 118 valence electrons. The summed E-state index contributed by atoms with van der Waals surface area (Å²) >= 11 is 7.86. The Labute approximate surface area is 143 Å². The molecule has 0 bridgehead atoms. The first-order chi connectivity index (χ1) is 10.5. The van der Waals surface area contributed by atoms with Crippen molar-refractivity contribution in [2.75, 3.05) is 32.1 Å². The van der Waals surface area contributed by atoms with Crippen molar-refractivity contribution in [1.29, 1.82) is 0 Å². The molecule has 0 aliphatic carbocycles. The molecule has 2 nitrogen and oxygen atoms in total. The van der Waals surface area contributed by atoms with Crippen molar-refractivity contribution in [3.05, 3.63) is 58.6 Å². The minimum atomic E-state index is 0.562. The number of benzene rings is 1. The predicted octanol–water partition coefficient (Wildman–Crippen LogP) is 5.09. The molecule has 1 aromatic rings. The first kappa shape index (κ1) is 17.2. The Kier molecular flexibility index (Phi) is 6.18. The Balaban J connectivity index is 2.38. The summed E-state index contributed by atoms with van der Waals surface area (Å²) in [6, 6.07) is 8.53. The smallest absolute Gasteiger partial charge is 0.0564 e. The maximum Gasteiger partial charge on any atom is 0.0564 e. The summed E-state index contributed by atoms with van der Waals surface area (Å²) in [5, 5.41) is 0.562. The maximum atomic E-state index is 6.07. The van der Waals surface area contributed by atoms with Gasteiger partial charge in [-0.1, -0.05) is 48.2 Å². The fourth-order valence-electron chi connectivity index (χ4n) is 2.49. The van der Waals surface area contributed by atoms with Crippen LogP contribution in [0.1, 0.15) is 13.3 Å². The van der Waals surface area contributed by atoms with Gasteiger partial charge in [0.1, 0.15) is 0 Å². The molecule has 2 rings (SSSR count). The third kappa shape index (κ3) is 4.19. The van der Waals surface area contributed by atoms with Crippen LogP contribution in [0.2, 0.25) is 0 Å². The van der Waals surface area contributed by atoms with Crippen molar-refractivity contribution in [3.8, 4) is 0 Å². The molecule has 0 saturated heterocycles. The van der Waals surface area contributed by atoms with Crippen molar-refractivity contribution in [2.24, 2.45) is 0 Å². The molecule has 0 atom stereocenters. The molecule has 1 aliphatic heterocycles. The van der Waals surface area contributed by atoms with Gasteiger partial charge < -0.3 is 9.80 Å². The van der Waals surface area contributed by atoms with Gasteiger partial charge in [-0.25, -0.2) is 0 Å². The van der Waals surface area contributed by atoms with Gasteiger partial charge >= 0.3 is 0 Å². The lowest BCUT2D eigenvalue weighted by Gasteiger charge is -2.35. The number of allylic oxidation sites excluding steroid dienone is 3. The molecule has 0 spiro atoms. The Hall–Kier alpha value is -1.16. The zero-order valence-corrected chi connectivity index (χ0v) is 15.0. The molecule has 0 amide bonds. The van der Waals surface area contributed by atoms with E-state index >= 15 is 0 Å². The van der Waals surface area contributed by atoms with Gasteiger partial charge in [0.05, 0.1) is 11.4 Å². The zero-order chi connectivity index (χ0) is 16.1. The highest BCUT2D eigenvalue weighted by Gasteiger charge is 2.24. The Morgan fingerprint density at radius 1 is 1.36 bits per heavy atom. The lowest BCUT2D eigenvalue weighted by molar-refractivity contribution is 0.402. The van der Waals surface area contributed by atoms with Crippen LogP contribution in [0, 0.1) is 0 Å². The van der Waals surface area contributed by atoms with Crippen LogP contribution in [-0.2, 0) is 0 Å². The topological polar surface area (TPSA) is 6.48 Å². The number of hydrogen-bond donors (Lipinski definition) is 0. The van der Waals surface area contributed by atoms with Crippen LogP contribution in [0.4, 0.5) is 5.69 Å². The van der Waals surface area contributed by atoms with Gasteiger partial charge in [-0.15, -0.1) is 0 Å². The normalized spacial score (nSPS) is 18.1. The van der Waals surface area contributed by atoms with Crippen molar-refractivity contribution in [1.82, 2.24) is 4.90 Å². The summed E-state index contributed by atoms with van der Waals surface area (Å²) in [4.78, 5) is 7.09. The second kappa shape index (κ2) is 7.91.